The van der Waals surface area contributed by atoms with Crippen LogP contribution in [0.1, 0.15) is 22.8 Å². The zero-order valence-electron chi connectivity index (χ0n) is 11.7. The van der Waals surface area contributed by atoms with Gasteiger partial charge in [0.2, 0.25) is 0 Å². The van der Waals surface area contributed by atoms with Gasteiger partial charge < -0.3 is 10.6 Å². The molecule has 0 saturated heterocycles. The van der Waals surface area contributed by atoms with E-state index in [4.69, 9.17) is 0 Å². The summed E-state index contributed by atoms with van der Waals surface area (Å²) in [5.41, 5.74) is 0.610. The number of carbonyl (C=O) groups excluding carboxylic acids is 1. The number of aromatic nitrogens is 1. The van der Waals surface area contributed by atoms with E-state index in [9.17, 15) is 13.6 Å². The number of aryl methyl sites for hydroxylation is 1. The Morgan fingerprint density at radius 2 is 2.05 bits per heavy atom. The summed E-state index contributed by atoms with van der Waals surface area (Å²) >= 11 is 0. The largest absolute Gasteiger partial charge is 0.368 e. The van der Waals surface area contributed by atoms with Gasteiger partial charge in [-0.2, -0.15) is 0 Å². The van der Waals surface area contributed by atoms with Crippen LogP contribution in [0.3, 0.4) is 0 Å². The standard InChI is InChI=1S/C15H15F2N3O/c1-3-18-14-13(17)10(6-7-19-14)15(21)20-12-8-9(2)4-5-11(12)16/h4-8H,3H2,1-2H3,(H,18,19)(H,20,21). The number of nitrogens with zero attached hydrogens (tertiary/aromatic N) is 1. The van der Waals surface area contributed by atoms with Crippen LogP contribution < -0.4 is 10.6 Å². The van der Waals surface area contributed by atoms with E-state index < -0.39 is 17.5 Å². The molecule has 0 saturated carbocycles. The van der Waals surface area contributed by atoms with Crippen molar-refractivity contribution in [3.8, 4) is 0 Å². The van der Waals surface area contributed by atoms with Crippen LogP contribution in [-0.2, 0) is 0 Å². The Bertz CT molecular complexity index is 674. The molecule has 0 fully saturated rings. The van der Waals surface area contributed by atoms with Gasteiger partial charge in [-0.25, -0.2) is 13.8 Å². The van der Waals surface area contributed by atoms with E-state index in [-0.39, 0.29) is 17.1 Å². The maximum atomic E-state index is 14.1. The molecule has 2 rings (SSSR count). The highest BCUT2D eigenvalue weighted by atomic mass is 19.1. The topological polar surface area (TPSA) is 54.0 Å². The number of benzene rings is 1. The summed E-state index contributed by atoms with van der Waals surface area (Å²) < 4.78 is 27.7. The van der Waals surface area contributed by atoms with Crippen LogP contribution in [-0.4, -0.2) is 17.4 Å². The minimum Gasteiger partial charge on any atom is -0.368 e. The molecule has 21 heavy (non-hydrogen) atoms. The molecular formula is C15H15F2N3O. The van der Waals surface area contributed by atoms with Crippen LogP contribution >= 0.6 is 0 Å². The highest BCUT2D eigenvalue weighted by molar-refractivity contribution is 6.05. The summed E-state index contributed by atoms with van der Waals surface area (Å²) in [4.78, 5) is 15.9. The molecule has 0 radical (unpaired) electrons. The Labute approximate surface area is 121 Å². The molecule has 1 heterocycles. The summed E-state index contributed by atoms with van der Waals surface area (Å²) in [5, 5.41) is 5.08. The van der Waals surface area contributed by atoms with Gasteiger partial charge in [0.05, 0.1) is 11.3 Å². The Morgan fingerprint density at radius 3 is 2.76 bits per heavy atom. The van der Waals surface area contributed by atoms with Crippen molar-refractivity contribution < 1.29 is 13.6 Å². The van der Waals surface area contributed by atoms with E-state index in [0.29, 0.717) is 6.54 Å². The van der Waals surface area contributed by atoms with Crippen molar-refractivity contribution in [2.24, 2.45) is 0 Å². The maximum absolute atomic E-state index is 14.1. The minimum atomic E-state index is -0.759. The van der Waals surface area contributed by atoms with Gasteiger partial charge in [0.15, 0.2) is 11.6 Å². The van der Waals surface area contributed by atoms with Crippen LogP contribution in [0, 0.1) is 18.6 Å². The molecule has 1 aromatic carbocycles. The highest BCUT2D eigenvalue weighted by Crippen LogP contribution is 2.19. The van der Waals surface area contributed by atoms with Crippen LogP contribution in [0.4, 0.5) is 20.3 Å². The summed E-state index contributed by atoms with van der Waals surface area (Å²) in [7, 11) is 0. The number of halogens is 2. The first-order chi connectivity index (χ1) is 10.0. The lowest BCUT2D eigenvalue weighted by molar-refractivity contribution is 0.102. The number of pyridine rings is 1. The first kappa shape index (κ1) is 14.9. The predicted octanol–water partition coefficient (Wildman–Crippen LogP) is 3.35. The maximum Gasteiger partial charge on any atom is 0.258 e. The molecule has 0 aliphatic heterocycles. The number of hydrogen-bond acceptors (Lipinski definition) is 3. The third-order valence-electron chi connectivity index (χ3n) is 2.85. The fourth-order valence-electron chi connectivity index (χ4n) is 1.83. The first-order valence-electron chi connectivity index (χ1n) is 6.48. The molecular weight excluding hydrogens is 276 g/mol. The van der Waals surface area contributed by atoms with Crippen molar-refractivity contribution in [1.82, 2.24) is 4.98 Å². The van der Waals surface area contributed by atoms with Crippen molar-refractivity contribution >= 4 is 17.4 Å². The highest BCUT2D eigenvalue weighted by Gasteiger charge is 2.17. The second-order valence-corrected chi connectivity index (χ2v) is 4.49. The van der Waals surface area contributed by atoms with Gasteiger partial charge in [-0.1, -0.05) is 6.07 Å². The van der Waals surface area contributed by atoms with Crippen LogP contribution in [0.15, 0.2) is 30.5 Å². The van der Waals surface area contributed by atoms with E-state index in [2.05, 4.69) is 15.6 Å². The van der Waals surface area contributed by atoms with Crippen molar-refractivity contribution in [2.75, 3.05) is 17.2 Å². The number of nitrogens with one attached hydrogen (secondary N) is 2. The van der Waals surface area contributed by atoms with Gasteiger partial charge in [-0.15, -0.1) is 0 Å². The van der Waals surface area contributed by atoms with Gasteiger partial charge in [0, 0.05) is 12.7 Å². The molecule has 4 nitrogen and oxygen atoms in total. The van der Waals surface area contributed by atoms with E-state index in [1.165, 1.54) is 24.4 Å². The molecule has 1 amide bonds. The lowest BCUT2D eigenvalue weighted by atomic mass is 10.2. The summed E-state index contributed by atoms with van der Waals surface area (Å²) in [5.74, 6) is -2.06. The van der Waals surface area contributed by atoms with Crippen molar-refractivity contribution in [3.05, 3.63) is 53.2 Å². The summed E-state index contributed by atoms with van der Waals surface area (Å²) in [6, 6.07) is 5.57. The Hall–Kier alpha value is -2.50. The van der Waals surface area contributed by atoms with Crippen LogP contribution in [0.2, 0.25) is 0 Å². The van der Waals surface area contributed by atoms with Gasteiger partial charge in [0.1, 0.15) is 5.82 Å². The van der Waals surface area contributed by atoms with Gasteiger partial charge in [-0.05, 0) is 37.6 Å². The smallest absolute Gasteiger partial charge is 0.258 e. The number of anilines is 2. The van der Waals surface area contributed by atoms with Gasteiger partial charge in [0.25, 0.3) is 5.91 Å². The number of amides is 1. The van der Waals surface area contributed by atoms with E-state index in [1.807, 2.05) is 0 Å². The molecule has 6 heteroatoms. The lowest BCUT2D eigenvalue weighted by Gasteiger charge is -2.10. The third kappa shape index (κ3) is 3.34. The van der Waals surface area contributed by atoms with Crippen LogP contribution in [0.5, 0.6) is 0 Å². The zero-order valence-corrected chi connectivity index (χ0v) is 11.7. The Balaban J connectivity index is 2.28. The molecule has 0 bridgehead atoms. The third-order valence-corrected chi connectivity index (χ3v) is 2.85. The summed E-state index contributed by atoms with van der Waals surface area (Å²) in [6.45, 7) is 4.03. The predicted molar refractivity (Wildman–Crippen MR) is 77.4 cm³/mol. The molecule has 110 valence electrons. The molecule has 2 N–H and O–H groups in total. The number of carbonyl (C=O) groups is 1. The van der Waals surface area contributed by atoms with Crippen LogP contribution in [0.25, 0.3) is 0 Å². The molecule has 0 aliphatic carbocycles. The van der Waals surface area contributed by atoms with E-state index in [1.54, 1.807) is 19.9 Å². The average Bonchev–Trinajstić information content (AvgIpc) is 2.45. The molecule has 0 atom stereocenters. The molecule has 0 aliphatic rings. The molecule has 0 spiro atoms. The minimum absolute atomic E-state index is 0.00476. The SMILES string of the molecule is CCNc1nccc(C(=O)Nc2cc(C)ccc2F)c1F. The van der Waals surface area contributed by atoms with Crippen molar-refractivity contribution in [1.29, 1.82) is 0 Å². The summed E-state index contributed by atoms with van der Waals surface area (Å²) in [6.07, 6.45) is 1.32. The second-order valence-electron chi connectivity index (χ2n) is 4.49. The normalized spacial score (nSPS) is 10.3. The van der Waals surface area contributed by atoms with Gasteiger partial charge >= 0.3 is 0 Å². The molecule has 0 unspecified atom stereocenters. The zero-order chi connectivity index (χ0) is 15.4. The number of hydrogen-bond donors (Lipinski definition) is 2. The van der Waals surface area contributed by atoms with Gasteiger partial charge in [-0.3, -0.25) is 4.79 Å². The molecule has 2 aromatic rings. The fourth-order valence-corrected chi connectivity index (χ4v) is 1.83. The fraction of sp³-hybridized carbons (Fsp3) is 0.200. The quantitative estimate of drug-likeness (QED) is 0.908. The monoisotopic (exact) mass is 291 g/mol. The number of rotatable bonds is 4. The first-order valence-corrected chi connectivity index (χ1v) is 6.48. The lowest BCUT2D eigenvalue weighted by Crippen LogP contribution is -2.16. The van der Waals surface area contributed by atoms with Crippen molar-refractivity contribution in [2.45, 2.75) is 13.8 Å². The van der Waals surface area contributed by atoms with E-state index in [0.717, 1.165) is 5.56 Å². The Kier molecular flexibility index (Phi) is 4.47. The second kappa shape index (κ2) is 6.30. The Morgan fingerprint density at radius 1 is 1.29 bits per heavy atom. The van der Waals surface area contributed by atoms with E-state index >= 15 is 0 Å². The van der Waals surface area contributed by atoms with Crippen molar-refractivity contribution in [3.63, 3.8) is 0 Å². The average molecular weight is 291 g/mol. The molecule has 1 aromatic heterocycles.